The van der Waals surface area contributed by atoms with Gasteiger partial charge in [-0.2, -0.15) is 0 Å². The Hall–Kier alpha value is -0.610. The minimum atomic E-state index is -0.431. The molecule has 0 saturated carbocycles. The molecule has 0 rings (SSSR count). The molecule has 0 bridgehead atoms. The lowest BCUT2D eigenvalue weighted by molar-refractivity contribution is -0.125. The lowest BCUT2D eigenvalue weighted by Crippen LogP contribution is -2.23. The molecule has 0 heterocycles. The Morgan fingerprint density at radius 2 is 1.86 bits per heavy atom. The highest BCUT2D eigenvalue weighted by Crippen LogP contribution is 1.70. The first kappa shape index (κ1) is 6.39. The summed E-state index contributed by atoms with van der Waals surface area (Å²) in [6, 6.07) is 0. The molecule has 0 radical (unpaired) electrons. The first-order chi connectivity index (χ1) is 3.35. The van der Waals surface area contributed by atoms with Crippen LogP contribution in [0.5, 0.6) is 0 Å². The second-order valence-electron chi connectivity index (χ2n) is 0.977. The van der Waals surface area contributed by atoms with Gasteiger partial charge in [0.2, 0.25) is 6.41 Å². The topological polar surface area (TPSA) is 60.8 Å². The summed E-state index contributed by atoms with van der Waals surface area (Å²) in [6.07, 6.45) is 0.361. The molecule has 1 amide bonds. The summed E-state index contributed by atoms with van der Waals surface area (Å²) < 4.78 is 0. The van der Waals surface area contributed by atoms with Gasteiger partial charge in [-0.25, -0.2) is 0 Å². The van der Waals surface area contributed by atoms with E-state index in [2.05, 4.69) is 0 Å². The summed E-state index contributed by atoms with van der Waals surface area (Å²) >= 11 is 0. The number of aliphatic hydroxyl groups is 2. The summed E-state index contributed by atoms with van der Waals surface area (Å²) in [4.78, 5) is 10.4. The van der Waals surface area contributed by atoms with E-state index < -0.39 is 13.5 Å². The van der Waals surface area contributed by atoms with Crippen molar-refractivity contribution in [1.82, 2.24) is 4.90 Å². The minimum Gasteiger partial charge on any atom is -0.376 e. The van der Waals surface area contributed by atoms with Crippen molar-refractivity contribution >= 4 is 6.41 Å². The van der Waals surface area contributed by atoms with Crippen molar-refractivity contribution in [2.45, 2.75) is 0 Å². The third-order valence-corrected chi connectivity index (χ3v) is 0.512. The summed E-state index contributed by atoms with van der Waals surface area (Å²) in [6.45, 7) is -0.861. The largest absolute Gasteiger partial charge is 0.376 e. The second kappa shape index (κ2) is 3.58. The molecule has 0 fully saturated rings. The van der Waals surface area contributed by atoms with Crippen LogP contribution in [0.2, 0.25) is 0 Å². The van der Waals surface area contributed by atoms with E-state index in [1.807, 2.05) is 0 Å². The third kappa shape index (κ3) is 2.13. The van der Waals surface area contributed by atoms with E-state index >= 15 is 0 Å². The molecule has 0 atom stereocenters. The highest BCUT2D eigenvalue weighted by Gasteiger charge is 1.90. The van der Waals surface area contributed by atoms with E-state index in [0.29, 0.717) is 6.41 Å². The molecule has 0 aromatic rings. The van der Waals surface area contributed by atoms with Crippen molar-refractivity contribution in [3.63, 3.8) is 0 Å². The van der Waals surface area contributed by atoms with Gasteiger partial charge in [0.05, 0.1) is 0 Å². The Labute approximate surface area is 41.0 Å². The molecule has 0 spiro atoms. The van der Waals surface area contributed by atoms with Gasteiger partial charge in [0.1, 0.15) is 13.5 Å². The lowest BCUT2D eigenvalue weighted by atomic mass is 10.9. The molecule has 7 heavy (non-hydrogen) atoms. The van der Waals surface area contributed by atoms with Gasteiger partial charge in [-0.1, -0.05) is 0 Å². The standard InChI is InChI=1S/C3H7NO3/c5-1-4(2-6)3-7/h1,6-7H,2-3H2. The first-order valence-corrected chi connectivity index (χ1v) is 1.76. The number of amides is 1. The zero-order chi connectivity index (χ0) is 5.70. The van der Waals surface area contributed by atoms with Crippen molar-refractivity contribution in [3.05, 3.63) is 0 Å². The van der Waals surface area contributed by atoms with Crippen LogP contribution in [0.1, 0.15) is 0 Å². The van der Waals surface area contributed by atoms with Crippen molar-refractivity contribution in [2.75, 3.05) is 13.5 Å². The van der Waals surface area contributed by atoms with Crippen LogP contribution in [-0.4, -0.2) is 35.0 Å². The van der Waals surface area contributed by atoms with Crippen LogP contribution in [0, 0.1) is 0 Å². The number of nitrogens with zero attached hydrogens (tertiary/aromatic N) is 1. The van der Waals surface area contributed by atoms with Crippen LogP contribution in [0.15, 0.2) is 0 Å². The summed E-state index contributed by atoms with van der Waals surface area (Å²) in [7, 11) is 0. The molecule has 0 aromatic carbocycles. The Kier molecular flexibility index (Phi) is 3.26. The predicted octanol–water partition coefficient (Wildman–Crippen LogP) is -1.66. The van der Waals surface area contributed by atoms with Gasteiger partial charge in [-0.3, -0.25) is 9.69 Å². The van der Waals surface area contributed by atoms with E-state index in [-0.39, 0.29) is 0 Å². The summed E-state index contributed by atoms with van der Waals surface area (Å²) in [5.41, 5.74) is 0. The average molecular weight is 105 g/mol. The van der Waals surface area contributed by atoms with Gasteiger partial charge in [0.25, 0.3) is 0 Å². The highest BCUT2D eigenvalue weighted by atomic mass is 16.3. The smallest absolute Gasteiger partial charge is 0.213 e. The number of carbonyl (C=O) groups excluding carboxylic acids is 1. The third-order valence-electron chi connectivity index (χ3n) is 0.512. The van der Waals surface area contributed by atoms with Crippen LogP contribution in [0.4, 0.5) is 0 Å². The maximum atomic E-state index is 9.57. The molecule has 2 N–H and O–H groups in total. The van der Waals surface area contributed by atoms with Gasteiger partial charge in [-0.05, 0) is 0 Å². The van der Waals surface area contributed by atoms with E-state index in [9.17, 15) is 4.79 Å². The molecule has 4 heteroatoms. The summed E-state index contributed by atoms with van der Waals surface area (Å²) in [5.74, 6) is 0. The molecule has 4 nitrogen and oxygen atoms in total. The molecule has 0 aliphatic rings. The van der Waals surface area contributed by atoms with Crippen LogP contribution in [-0.2, 0) is 4.79 Å². The van der Waals surface area contributed by atoms with E-state index in [1.165, 1.54) is 0 Å². The van der Waals surface area contributed by atoms with E-state index in [0.717, 1.165) is 4.90 Å². The van der Waals surface area contributed by atoms with Gasteiger partial charge in [-0.15, -0.1) is 0 Å². The van der Waals surface area contributed by atoms with Gasteiger partial charge in [0, 0.05) is 0 Å². The van der Waals surface area contributed by atoms with E-state index in [1.54, 1.807) is 0 Å². The fraction of sp³-hybridized carbons (Fsp3) is 0.667. The number of hydrogen-bond acceptors (Lipinski definition) is 3. The van der Waals surface area contributed by atoms with Crippen molar-refractivity contribution in [3.8, 4) is 0 Å². The molecule has 0 aliphatic carbocycles. The molecule has 0 aromatic heterocycles. The molecule has 0 aliphatic heterocycles. The molecular formula is C3H7NO3. The minimum absolute atomic E-state index is 0.361. The monoisotopic (exact) mass is 105 g/mol. The Morgan fingerprint density at radius 1 is 1.43 bits per heavy atom. The van der Waals surface area contributed by atoms with Crippen LogP contribution in [0.3, 0.4) is 0 Å². The highest BCUT2D eigenvalue weighted by molar-refractivity contribution is 5.46. The first-order valence-electron chi connectivity index (χ1n) is 1.76. The Morgan fingerprint density at radius 3 is 1.86 bits per heavy atom. The predicted molar refractivity (Wildman–Crippen MR) is 22.1 cm³/mol. The second-order valence-corrected chi connectivity index (χ2v) is 0.977. The molecule has 0 saturated heterocycles. The average Bonchev–Trinajstić information content (AvgIpc) is 1.72. The normalized spacial score (nSPS) is 8.29. The van der Waals surface area contributed by atoms with Crippen molar-refractivity contribution in [2.24, 2.45) is 0 Å². The molecule has 0 unspecified atom stereocenters. The fourth-order valence-corrected chi connectivity index (χ4v) is 0.111. The summed E-state index contributed by atoms with van der Waals surface area (Å²) in [5, 5.41) is 16.1. The van der Waals surface area contributed by atoms with Gasteiger partial charge in [0.15, 0.2) is 0 Å². The SMILES string of the molecule is O=CN(CO)CO. The zero-order valence-corrected chi connectivity index (χ0v) is 3.74. The number of rotatable bonds is 3. The van der Waals surface area contributed by atoms with Crippen LogP contribution < -0.4 is 0 Å². The number of aliphatic hydroxyl groups excluding tert-OH is 2. The van der Waals surface area contributed by atoms with Crippen molar-refractivity contribution in [1.29, 1.82) is 0 Å². The quantitative estimate of drug-likeness (QED) is 0.334. The maximum Gasteiger partial charge on any atom is 0.213 e. The van der Waals surface area contributed by atoms with Gasteiger partial charge < -0.3 is 10.2 Å². The van der Waals surface area contributed by atoms with Crippen LogP contribution >= 0.6 is 0 Å². The van der Waals surface area contributed by atoms with E-state index in [4.69, 9.17) is 10.2 Å². The molecule has 42 valence electrons. The van der Waals surface area contributed by atoms with Crippen LogP contribution in [0.25, 0.3) is 0 Å². The Balaban J connectivity index is 3.16. The van der Waals surface area contributed by atoms with Crippen molar-refractivity contribution < 1.29 is 15.0 Å². The Bertz CT molecular complexity index is 52.1. The molecular weight excluding hydrogens is 98.0 g/mol. The fourth-order valence-electron chi connectivity index (χ4n) is 0.111. The maximum absolute atomic E-state index is 9.57. The van der Waals surface area contributed by atoms with Gasteiger partial charge >= 0.3 is 0 Å². The number of carbonyl (C=O) groups is 1. The number of hydrogen-bond donors (Lipinski definition) is 2. The zero-order valence-electron chi connectivity index (χ0n) is 3.74. The lowest BCUT2D eigenvalue weighted by Gasteiger charge is -2.06.